The minimum Gasteiger partial charge on any atom is -0.394 e. The van der Waals surface area contributed by atoms with Crippen LogP contribution < -0.4 is 0 Å². The molecule has 0 amide bonds. The van der Waals surface area contributed by atoms with Crippen molar-refractivity contribution in [3.05, 3.63) is 29.4 Å². The van der Waals surface area contributed by atoms with Gasteiger partial charge < -0.3 is 4.85 Å². The average Bonchev–Trinajstić information content (AvgIpc) is 2.05. The van der Waals surface area contributed by atoms with E-state index in [-0.39, 0.29) is 11.5 Å². The van der Waals surface area contributed by atoms with Gasteiger partial charge in [-0.3, -0.25) is 0 Å². The van der Waals surface area contributed by atoms with Crippen molar-refractivity contribution in [3.8, 4) is 0 Å². The zero-order valence-electron chi connectivity index (χ0n) is 5.33. The maximum atomic E-state index is 11.8. The second kappa shape index (κ2) is 3.01. The minimum atomic E-state index is -2.57. The van der Waals surface area contributed by atoms with Gasteiger partial charge in [0.2, 0.25) is 0 Å². The van der Waals surface area contributed by atoms with E-state index in [1.54, 1.807) is 0 Å². The number of hydrogen-bond acceptors (Lipinski definition) is 2. The van der Waals surface area contributed by atoms with E-state index in [1.807, 2.05) is 0 Å². The van der Waals surface area contributed by atoms with Crippen molar-refractivity contribution in [2.24, 2.45) is 0 Å². The van der Waals surface area contributed by atoms with Gasteiger partial charge in [0, 0.05) is 0 Å². The first kappa shape index (κ1) is 7.54. The molecular formula is C6H3F2N3. The third kappa shape index (κ3) is 1.67. The monoisotopic (exact) mass is 155 g/mol. The van der Waals surface area contributed by atoms with Crippen LogP contribution in [0.2, 0.25) is 0 Å². The van der Waals surface area contributed by atoms with Crippen LogP contribution >= 0.6 is 0 Å². The molecule has 1 heterocycles. The fourth-order valence-corrected chi connectivity index (χ4v) is 0.502. The van der Waals surface area contributed by atoms with Crippen molar-refractivity contribution in [2.45, 2.75) is 6.43 Å². The lowest BCUT2D eigenvalue weighted by molar-refractivity contribution is 0.150. The van der Waals surface area contributed by atoms with Gasteiger partial charge in [0.15, 0.2) is 0 Å². The molecule has 56 valence electrons. The summed E-state index contributed by atoms with van der Waals surface area (Å²) in [5, 5.41) is 0. The lowest BCUT2D eigenvalue weighted by Gasteiger charge is -1.92. The SMILES string of the molecule is [C-]#[N+]c1ncc(C(F)F)cn1. The van der Waals surface area contributed by atoms with Crippen molar-refractivity contribution in [1.29, 1.82) is 0 Å². The number of rotatable bonds is 1. The van der Waals surface area contributed by atoms with Gasteiger partial charge in [-0.2, -0.15) is 9.97 Å². The minimum absolute atomic E-state index is 0.116. The molecule has 0 bridgehead atoms. The Morgan fingerprint density at radius 1 is 1.36 bits per heavy atom. The Morgan fingerprint density at radius 3 is 2.27 bits per heavy atom. The molecule has 1 rings (SSSR count). The molecular weight excluding hydrogens is 152 g/mol. The number of halogens is 2. The first-order valence-electron chi connectivity index (χ1n) is 2.71. The highest BCUT2D eigenvalue weighted by Gasteiger charge is 2.09. The van der Waals surface area contributed by atoms with Crippen LogP contribution in [0.5, 0.6) is 0 Å². The van der Waals surface area contributed by atoms with Crippen molar-refractivity contribution < 1.29 is 8.78 Å². The van der Waals surface area contributed by atoms with Gasteiger partial charge in [0.1, 0.15) is 0 Å². The predicted molar refractivity (Wildman–Crippen MR) is 33.3 cm³/mol. The van der Waals surface area contributed by atoms with Crippen LogP contribution in [-0.2, 0) is 0 Å². The van der Waals surface area contributed by atoms with Crippen LogP contribution in [0.25, 0.3) is 4.85 Å². The number of nitrogens with zero attached hydrogens (tertiary/aromatic N) is 3. The van der Waals surface area contributed by atoms with E-state index in [0.29, 0.717) is 0 Å². The van der Waals surface area contributed by atoms with Crippen molar-refractivity contribution in [3.63, 3.8) is 0 Å². The van der Waals surface area contributed by atoms with Crippen LogP contribution in [-0.4, -0.2) is 9.97 Å². The molecule has 0 aliphatic rings. The molecule has 0 unspecified atom stereocenters. The van der Waals surface area contributed by atoms with E-state index in [0.717, 1.165) is 12.4 Å². The summed E-state index contributed by atoms with van der Waals surface area (Å²) in [5.74, 6) is -0.116. The molecule has 0 fully saturated rings. The van der Waals surface area contributed by atoms with Crippen molar-refractivity contribution in [2.75, 3.05) is 0 Å². The first-order chi connectivity index (χ1) is 5.24. The molecule has 0 saturated heterocycles. The largest absolute Gasteiger partial charge is 0.394 e. The molecule has 1 aromatic heterocycles. The molecule has 0 radical (unpaired) electrons. The Hall–Kier alpha value is -1.57. The Bertz CT molecular complexity index is 275. The van der Waals surface area contributed by atoms with Gasteiger partial charge in [0.05, 0.1) is 18.0 Å². The zero-order chi connectivity index (χ0) is 8.27. The molecule has 3 nitrogen and oxygen atoms in total. The van der Waals surface area contributed by atoms with Crippen LogP contribution in [0, 0.1) is 6.57 Å². The van der Waals surface area contributed by atoms with E-state index in [1.165, 1.54) is 0 Å². The summed E-state index contributed by atoms with van der Waals surface area (Å²) in [5.41, 5.74) is -0.266. The highest BCUT2D eigenvalue weighted by atomic mass is 19.3. The number of alkyl halides is 2. The third-order valence-electron chi connectivity index (χ3n) is 1.01. The van der Waals surface area contributed by atoms with Gasteiger partial charge in [-0.15, -0.1) is 6.57 Å². The van der Waals surface area contributed by atoms with E-state index in [4.69, 9.17) is 6.57 Å². The smallest absolute Gasteiger partial charge is 0.371 e. The van der Waals surface area contributed by atoms with E-state index < -0.39 is 6.43 Å². The topological polar surface area (TPSA) is 30.1 Å². The molecule has 1 aromatic rings. The quantitative estimate of drug-likeness (QED) is 0.580. The molecule has 0 aliphatic carbocycles. The lowest BCUT2D eigenvalue weighted by Crippen LogP contribution is -1.87. The Morgan fingerprint density at radius 2 is 1.91 bits per heavy atom. The predicted octanol–water partition coefficient (Wildman–Crippen LogP) is 1.96. The maximum absolute atomic E-state index is 11.8. The van der Waals surface area contributed by atoms with Gasteiger partial charge >= 0.3 is 5.95 Å². The van der Waals surface area contributed by atoms with Gasteiger partial charge in [0.25, 0.3) is 6.43 Å². The normalized spacial score (nSPS) is 9.64. The second-order valence-electron chi connectivity index (χ2n) is 1.73. The van der Waals surface area contributed by atoms with Crippen LogP contribution in [0.15, 0.2) is 12.4 Å². The summed E-state index contributed by atoms with van der Waals surface area (Å²) in [6, 6.07) is 0. The summed E-state index contributed by atoms with van der Waals surface area (Å²) in [4.78, 5) is 9.60. The van der Waals surface area contributed by atoms with Gasteiger partial charge in [-0.25, -0.2) is 8.78 Å². The maximum Gasteiger partial charge on any atom is 0.371 e. The molecule has 11 heavy (non-hydrogen) atoms. The molecule has 5 heteroatoms. The van der Waals surface area contributed by atoms with E-state index in [9.17, 15) is 8.78 Å². The highest BCUT2D eigenvalue weighted by molar-refractivity contribution is 5.25. The molecule has 0 saturated carbocycles. The average molecular weight is 155 g/mol. The highest BCUT2D eigenvalue weighted by Crippen LogP contribution is 2.16. The zero-order valence-corrected chi connectivity index (χ0v) is 5.33. The molecule has 0 spiro atoms. The molecule has 0 N–H and O–H groups in total. The van der Waals surface area contributed by atoms with Gasteiger partial charge in [-0.05, 0) is 0 Å². The van der Waals surface area contributed by atoms with Crippen molar-refractivity contribution in [1.82, 2.24) is 9.97 Å². The summed E-state index contributed by atoms with van der Waals surface area (Å²) >= 11 is 0. The lowest BCUT2D eigenvalue weighted by atomic mass is 10.4. The molecule has 0 atom stereocenters. The van der Waals surface area contributed by atoms with Crippen LogP contribution in [0.3, 0.4) is 0 Å². The summed E-state index contributed by atoms with van der Waals surface area (Å²) in [6.45, 7) is 6.43. The van der Waals surface area contributed by atoms with E-state index in [2.05, 4.69) is 14.8 Å². The Kier molecular flexibility index (Phi) is 2.06. The summed E-state index contributed by atoms with van der Waals surface area (Å²) < 4.78 is 23.7. The Balaban J connectivity index is 2.94. The number of aromatic nitrogens is 2. The molecule has 0 aliphatic heterocycles. The first-order valence-corrected chi connectivity index (χ1v) is 2.71. The number of hydrogen-bond donors (Lipinski definition) is 0. The summed E-state index contributed by atoms with van der Waals surface area (Å²) in [6.07, 6.45) is -0.675. The van der Waals surface area contributed by atoms with E-state index >= 15 is 0 Å². The van der Waals surface area contributed by atoms with Gasteiger partial charge in [-0.1, -0.05) is 0 Å². The van der Waals surface area contributed by atoms with Crippen LogP contribution in [0.4, 0.5) is 14.7 Å². The fourth-order valence-electron chi connectivity index (χ4n) is 0.502. The standard InChI is InChI=1S/C6H3F2N3/c1-9-6-10-2-4(3-11-6)5(7)8/h2-3,5H. The van der Waals surface area contributed by atoms with Crippen molar-refractivity contribution >= 4 is 5.95 Å². The molecule has 0 aromatic carbocycles. The van der Waals surface area contributed by atoms with Crippen LogP contribution in [0.1, 0.15) is 12.0 Å². The summed E-state index contributed by atoms with van der Waals surface area (Å²) in [7, 11) is 0. The third-order valence-corrected chi connectivity index (χ3v) is 1.01. The fraction of sp³-hybridized carbons (Fsp3) is 0.167. The Labute approximate surface area is 61.5 Å². The second-order valence-corrected chi connectivity index (χ2v) is 1.73.